The molecule has 0 aliphatic carbocycles. The number of ether oxygens (including phenoxy) is 1. The van der Waals surface area contributed by atoms with Crippen LogP contribution in [0.3, 0.4) is 0 Å². The van der Waals surface area contributed by atoms with Crippen molar-refractivity contribution >= 4 is 36.8 Å². The van der Waals surface area contributed by atoms with Crippen LogP contribution in [0.15, 0.2) is 47.6 Å². The molecule has 0 radical (unpaired) electrons. The fourth-order valence-electron chi connectivity index (χ4n) is 4.48. The summed E-state index contributed by atoms with van der Waals surface area (Å²) in [5.74, 6) is -1.41. The summed E-state index contributed by atoms with van der Waals surface area (Å²) in [7, 11) is 0. The Labute approximate surface area is 243 Å². The number of aryl methyl sites for hydroxylation is 1. The standard InChI is InChI=1S/C29H35FN6O6/c1-22-4-2-3-5-24(22)27(33-32-20-38)17-23-6-7-26(30)25(16-23)29(41)36-11-9-35(10-12-36)28(40)18-34(21-39)13-15-42-14-8-31-19-37/h2-7,16,19-21H,8-15,17-18H2,1H3,(H,31,37)(H,32,38)/b33-27-. The minimum absolute atomic E-state index is 0.0878. The summed E-state index contributed by atoms with van der Waals surface area (Å²) >= 11 is 0. The third kappa shape index (κ3) is 9.20. The second-order valence-electron chi connectivity index (χ2n) is 9.54. The number of amides is 5. The number of rotatable bonds is 16. The first-order chi connectivity index (χ1) is 20.4. The molecule has 0 unspecified atom stereocenters. The molecule has 0 saturated carbocycles. The van der Waals surface area contributed by atoms with Crippen LogP contribution in [-0.4, -0.2) is 110 Å². The second kappa shape index (κ2) is 16.6. The van der Waals surface area contributed by atoms with Gasteiger partial charge >= 0.3 is 0 Å². The topological polar surface area (TPSA) is 141 Å². The number of piperazine rings is 1. The molecule has 2 aromatic rings. The Morgan fingerprint density at radius 2 is 1.74 bits per heavy atom. The summed E-state index contributed by atoms with van der Waals surface area (Å²) in [5, 5.41) is 6.62. The molecule has 42 heavy (non-hydrogen) atoms. The van der Waals surface area contributed by atoms with E-state index >= 15 is 0 Å². The van der Waals surface area contributed by atoms with Gasteiger partial charge in [0, 0.05) is 51.3 Å². The van der Waals surface area contributed by atoms with Gasteiger partial charge < -0.3 is 24.8 Å². The molecule has 0 atom stereocenters. The molecule has 0 aromatic heterocycles. The van der Waals surface area contributed by atoms with Crippen molar-refractivity contribution < 1.29 is 33.1 Å². The van der Waals surface area contributed by atoms with E-state index in [1.54, 1.807) is 11.0 Å². The van der Waals surface area contributed by atoms with Gasteiger partial charge in [-0.3, -0.25) is 24.0 Å². The third-order valence-electron chi connectivity index (χ3n) is 6.74. The number of nitrogens with one attached hydrogen (secondary N) is 2. The van der Waals surface area contributed by atoms with Crippen LogP contribution in [0.5, 0.6) is 0 Å². The summed E-state index contributed by atoms with van der Waals surface area (Å²) < 4.78 is 20.1. The zero-order valence-electron chi connectivity index (χ0n) is 23.5. The highest BCUT2D eigenvalue weighted by Crippen LogP contribution is 2.18. The fourth-order valence-corrected chi connectivity index (χ4v) is 4.48. The molecule has 3 rings (SSSR count). The minimum atomic E-state index is -0.659. The van der Waals surface area contributed by atoms with Crippen LogP contribution in [0.25, 0.3) is 0 Å². The maximum absolute atomic E-state index is 14.8. The van der Waals surface area contributed by atoms with Crippen molar-refractivity contribution in [2.45, 2.75) is 13.3 Å². The third-order valence-corrected chi connectivity index (χ3v) is 6.74. The van der Waals surface area contributed by atoms with Crippen LogP contribution < -0.4 is 10.7 Å². The van der Waals surface area contributed by atoms with Crippen LogP contribution in [-0.2, 0) is 30.3 Å². The van der Waals surface area contributed by atoms with Crippen molar-refractivity contribution in [3.05, 3.63) is 70.5 Å². The largest absolute Gasteiger partial charge is 0.378 e. The van der Waals surface area contributed by atoms with Crippen molar-refractivity contribution in [3.8, 4) is 0 Å². The average Bonchev–Trinajstić information content (AvgIpc) is 3.01. The molecule has 1 heterocycles. The van der Waals surface area contributed by atoms with Crippen LogP contribution >= 0.6 is 0 Å². The molecule has 1 aliphatic rings. The Balaban J connectivity index is 1.58. The number of nitrogens with zero attached hydrogens (tertiary/aromatic N) is 4. The maximum atomic E-state index is 14.8. The van der Waals surface area contributed by atoms with E-state index in [0.717, 1.165) is 11.1 Å². The number of carbonyl (C=O) groups is 5. The van der Waals surface area contributed by atoms with E-state index < -0.39 is 11.7 Å². The minimum Gasteiger partial charge on any atom is -0.378 e. The predicted molar refractivity (Wildman–Crippen MR) is 152 cm³/mol. The van der Waals surface area contributed by atoms with E-state index in [4.69, 9.17) is 4.74 Å². The quantitative estimate of drug-likeness (QED) is 0.127. The lowest BCUT2D eigenvalue weighted by atomic mass is 9.97. The van der Waals surface area contributed by atoms with Gasteiger partial charge in [0.1, 0.15) is 5.82 Å². The number of carbonyl (C=O) groups excluding carboxylic acids is 5. The average molecular weight is 583 g/mol. The molecule has 2 N–H and O–H groups in total. The number of hydrogen-bond acceptors (Lipinski definition) is 7. The number of halogens is 1. The van der Waals surface area contributed by atoms with Crippen molar-refractivity contribution in [1.82, 2.24) is 25.4 Å². The molecular formula is C29H35FN6O6. The number of hydrazone groups is 1. The summed E-state index contributed by atoms with van der Waals surface area (Å²) in [6, 6.07) is 11.8. The maximum Gasteiger partial charge on any atom is 0.256 e. The molecule has 1 aliphatic heterocycles. The van der Waals surface area contributed by atoms with Crippen LogP contribution in [0, 0.1) is 12.7 Å². The van der Waals surface area contributed by atoms with Crippen LogP contribution in [0.2, 0.25) is 0 Å². The van der Waals surface area contributed by atoms with E-state index in [9.17, 15) is 28.4 Å². The highest BCUT2D eigenvalue weighted by Gasteiger charge is 2.27. The summed E-state index contributed by atoms with van der Waals surface area (Å²) in [6.45, 7) is 3.76. The molecule has 0 bridgehead atoms. The lowest BCUT2D eigenvalue weighted by molar-refractivity contribution is -0.137. The molecule has 1 fully saturated rings. The van der Waals surface area contributed by atoms with Crippen molar-refractivity contribution in [2.24, 2.45) is 5.10 Å². The Kier molecular flexibility index (Phi) is 12.6. The lowest BCUT2D eigenvalue weighted by Crippen LogP contribution is -2.52. The highest BCUT2D eigenvalue weighted by atomic mass is 19.1. The second-order valence-corrected chi connectivity index (χ2v) is 9.54. The fraction of sp³-hybridized carbons (Fsp3) is 0.379. The van der Waals surface area contributed by atoms with Crippen LogP contribution in [0.4, 0.5) is 4.39 Å². The van der Waals surface area contributed by atoms with Crippen molar-refractivity contribution in [3.63, 3.8) is 0 Å². The zero-order chi connectivity index (χ0) is 30.3. The molecular weight excluding hydrogens is 547 g/mol. The Morgan fingerprint density at radius 3 is 2.43 bits per heavy atom. The first-order valence-electron chi connectivity index (χ1n) is 13.5. The van der Waals surface area contributed by atoms with E-state index in [0.29, 0.717) is 37.1 Å². The van der Waals surface area contributed by atoms with Gasteiger partial charge in [-0.15, -0.1) is 0 Å². The van der Waals surface area contributed by atoms with E-state index in [2.05, 4.69) is 15.8 Å². The molecule has 224 valence electrons. The van der Waals surface area contributed by atoms with Gasteiger partial charge in [0.05, 0.1) is 31.0 Å². The van der Waals surface area contributed by atoms with Gasteiger partial charge in [-0.05, 0) is 30.2 Å². The number of benzene rings is 2. The molecule has 12 nitrogen and oxygen atoms in total. The highest BCUT2D eigenvalue weighted by molar-refractivity contribution is 6.03. The first kappa shape index (κ1) is 31.9. The van der Waals surface area contributed by atoms with Gasteiger partial charge in [-0.25, -0.2) is 9.82 Å². The Morgan fingerprint density at radius 1 is 1.00 bits per heavy atom. The van der Waals surface area contributed by atoms with E-state index in [1.165, 1.54) is 21.9 Å². The Bertz CT molecular complexity index is 1280. The van der Waals surface area contributed by atoms with Gasteiger partial charge in [-0.2, -0.15) is 5.10 Å². The van der Waals surface area contributed by atoms with E-state index in [-0.39, 0.29) is 70.4 Å². The SMILES string of the molecule is Cc1ccccc1/C(Cc1ccc(F)c(C(=O)N2CCN(C(=O)CN(C=O)CCOCCNC=O)CC2)c1)=N\NC=O. The summed E-state index contributed by atoms with van der Waals surface area (Å²) in [4.78, 5) is 62.9. The molecule has 5 amide bonds. The Hall–Kier alpha value is -4.65. The normalized spacial score (nSPS) is 13.3. The van der Waals surface area contributed by atoms with E-state index in [1.807, 2.05) is 31.2 Å². The monoisotopic (exact) mass is 582 g/mol. The summed E-state index contributed by atoms with van der Waals surface area (Å²) in [5.41, 5.74) is 5.20. The van der Waals surface area contributed by atoms with Crippen molar-refractivity contribution in [2.75, 3.05) is 59.0 Å². The molecule has 13 heteroatoms. The van der Waals surface area contributed by atoms with Crippen molar-refractivity contribution in [1.29, 1.82) is 0 Å². The van der Waals surface area contributed by atoms with Gasteiger partial charge in [0.25, 0.3) is 5.91 Å². The smallest absolute Gasteiger partial charge is 0.256 e. The summed E-state index contributed by atoms with van der Waals surface area (Å²) in [6.07, 6.45) is 1.86. The first-order valence-corrected chi connectivity index (χ1v) is 13.5. The van der Waals surface area contributed by atoms with Gasteiger partial charge in [0.15, 0.2) is 0 Å². The zero-order valence-corrected chi connectivity index (χ0v) is 23.5. The van der Waals surface area contributed by atoms with Gasteiger partial charge in [-0.1, -0.05) is 30.3 Å². The molecule has 2 aromatic carbocycles. The van der Waals surface area contributed by atoms with Crippen LogP contribution in [0.1, 0.15) is 27.0 Å². The van der Waals surface area contributed by atoms with Gasteiger partial charge in [0.2, 0.25) is 25.1 Å². The lowest BCUT2D eigenvalue weighted by Gasteiger charge is -2.35. The molecule has 0 spiro atoms. The predicted octanol–water partition coefficient (Wildman–Crippen LogP) is 0.332. The number of hydrogen-bond donors (Lipinski definition) is 2. The molecule has 1 saturated heterocycles.